The largest absolute Gasteiger partial charge is 0.398 e. The minimum absolute atomic E-state index is 0.999. The summed E-state index contributed by atoms with van der Waals surface area (Å²) in [6, 6.07) is 0. The van der Waals surface area contributed by atoms with Gasteiger partial charge >= 0.3 is 0 Å². The van der Waals surface area contributed by atoms with Gasteiger partial charge in [-0.3, -0.25) is 0 Å². The lowest BCUT2D eigenvalue weighted by Crippen LogP contribution is -2.05. The zero-order chi connectivity index (χ0) is 6.72. The Hall–Kier alpha value is -1.24. The monoisotopic (exact) mass is 129 g/mol. The molecule has 48 valence electrons. The van der Waals surface area contributed by atoms with Crippen LogP contribution in [0.25, 0.3) is 0 Å². The molecule has 0 aromatic heterocycles. The normalized spacial score (nSPS) is 25.4. The molecular formula is C9H7N. The standard InChI is InChI=1S/C9H7N/c10-9-7-3-1-5(7)6-2-4-8(6)9/h1,3-4H,2,10H2. The first kappa shape index (κ1) is 4.56. The SMILES string of the molecule is NC1=C2C=CC2=C2CC=C12. The highest BCUT2D eigenvalue weighted by Crippen LogP contribution is 2.47. The number of hydrogen-bond donors (Lipinski definition) is 1. The Bertz CT molecular complexity index is 345. The number of allylic oxidation sites excluding steroid dienone is 6. The molecule has 0 atom stereocenters. The number of nitrogens with two attached hydrogens (primary N) is 1. The van der Waals surface area contributed by atoms with Gasteiger partial charge in [0.1, 0.15) is 0 Å². The molecule has 1 nitrogen and oxygen atoms in total. The summed E-state index contributed by atoms with van der Waals surface area (Å²) in [4.78, 5) is 0. The molecule has 2 N–H and O–H groups in total. The second-order valence-electron chi connectivity index (χ2n) is 2.87. The number of rotatable bonds is 0. The van der Waals surface area contributed by atoms with Crippen LogP contribution < -0.4 is 5.73 Å². The lowest BCUT2D eigenvalue weighted by molar-refractivity contribution is 1.10. The van der Waals surface area contributed by atoms with Gasteiger partial charge in [-0.1, -0.05) is 18.2 Å². The predicted molar refractivity (Wildman–Crippen MR) is 40.1 cm³/mol. The first-order valence-electron chi connectivity index (χ1n) is 3.50. The van der Waals surface area contributed by atoms with E-state index in [1.54, 1.807) is 0 Å². The molecule has 0 radical (unpaired) electrons. The van der Waals surface area contributed by atoms with E-state index in [0.29, 0.717) is 0 Å². The van der Waals surface area contributed by atoms with Crippen molar-refractivity contribution in [3.8, 4) is 0 Å². The van der Waals surface area contributed by atoms with Crippen LogP contribution in [0.4, 0.5) is 0 Å². The minimum Gasteiger partial charge on any atom is -0.398 e. The van der Waals surface area contributed by atoms with Crippen LogP contribution in [0.3, 0.4) is 0 Å². The van der Waals surface area contributed by atoms with Crippen molar-refractivity contribution >= 4 is 0 Å². The van der Waals surface area contributed by atoms with Crippen molar-refractivity contribution < 1.29 is 0 Å². The molecule has 0 bridgehead atoms. The molecule has 0 aliphatic heterocycles. The highest BCUT2D eigenvalue weighted by atomic mass is 14.6. The van der Waals surface area contributed by atoms with Gasteiger partial charge in [0, 0.05) is 11.3 Å². The van der Waals surface area contributed by atoms with E-state index in [-0.39, 0.29) is 0 Å². The molecule has 3 rings (SSSR count). The van der Waals surface area contributed by atoms with E-state index in [0.717, 1.165) is 12.1 Å². The zero-order valence-corrected chi connectivity index (χ0v) is 5.52. The molecule has 1 heteroatoms. The molecule has 0 amide bonds. The van der Waals surface area contributed by atoms with Gasteiger partial charge < -0.3 is 5.73 Å². The molecule has 10 heavy (non-hydrogen) atoms. The second-order valence-corrected chi connectivity index (χ2v) is 2.87. The summed E-state index contributed by atoms with van der Waals surface area (Å²) < 4.78 is 0. The van der Waals surface area contributed by atoms with Crippen molar-refractivity contribution in [3.05, 3.63) is 46.2 Å². The molecule has 0 unspecified atom stereocenters. The summed E-state index contributed by atoms with van der Waals surface area (Å²) >= 11 is 0. The average Bonchev–Trinajstić information content (AvgIpc) is 1.84. The van der Waals surface area contributed by atoms with E-state index in [2.05, 4.69) is 18.2 Å². The Labute approximate surface area is 59.2 Å². The zero-order valence-electron chi connectivity index (χ0n) is 5.52. The fourth-order valence-electron chi connectivity index (χ4n) is 1.73. The fraction of sp³-hybridized carbons (Fsp3) is 0.111. The molecule has 0 fully saturated rings. The Morgan fingerprint density at radius 3 is 2.30 bits per heavy atom. The summed E-state index contributed by atoms with van der Waals surface area (Å²) in [5.41, 5.74) is 12.3. The van der Waals surface area contributed by atoms with Gasteiger partial charge in [0.15, 0.2) is 0 Å². The highest BCUT2D eigenvalue weighted by molar-refractivity contribution is 5.77. The molecule has 3 aliphatic rings. The number of hydrogen-bond acceptors (Lipinski definition) is 1. The molecule has 0 spiro atoms. The maximum absolute atomic E-state index is 5.82. The van der Waals surface area contributed by atoms with E-state index in [4.69, 9.17) is 5.73 Å². The van der Waals surface area contributed by atoms with Gasteiger partial charge in [-0.2, -0.15) is 0 Å². The van der Waals surface area contributed by atoms with Crippen molar-refractivity contribution in [2.45, 2.75) is 6.42 Å². The first-order chi connectivity index (χ1) is 4.88. The summed E-state index contributed by atoms with van der Waals surface area (Å²) in [5, 5.41) is 0. The molecule has 0 saturated carbocycles. The van der Waals surface area contributed by atoms with E-state index in [1.165, 1.54) is 22.3 Å². The topological polar surface area (TPSA) is 26.0 Å². The Morgan fingerprint density at radius 2 is 2.00 bits per heavy atom. The second kappa shape index (κ2) is 1.12. The van der Waals surface area contributed by atoms with Gasteiger partial charge in [-0.15, -0.1) is 0 Å². The molecule has 0 aromatic carbocycles. The first-order valence-corrected chi connectivity index (χ1v) is 3.50. The minimum atomic E-state index is 0.999. The van der Waals surface area contributed by atoms with Gasteiger partial charge in [0.2, 0.25) is 0 Å². The van der Waals surface area contributed by atoms with Crippen LogP contribution >= 0.6 is 0 Å². The molecular weight excluding hydrogens is 122 g/mol. The predicted octanol–water partition coefficient (Wildman–Crippen LogP) is 1.41. The molecule has 3 aliphatic carbocycles. The van der Waals surface area contributed by atoms with Crippen molar-refractivity contribution in [2.75, 3.05) is 0 Å². The van der Waals surface area contributed by atoms with Gasteiger partial charge in [0.25, 0.3) is 0 Å². The number of fused-ring (bicyclic) bond motifs is 2. The summed E-state index contributed by atoms with van der Waals surface area (Å²) in [6.45, 7) is 0. The maximum atomic E-state index is 5.82. The summed E-state index contributed by atoms with van der Waals surface area (Å²) in [5.74, 6) is 0. The van der Waals surface area contributed by atoms with Crippen LogP contribution in [0, 0.1) is 0 Å². The fourth-order valence-corrected chi connectivity index (χ4v) is 1.73. The summed E-state index contributed by atoms with van der Waals surface area (Å²) in [6.07, 6.45) is 7.57. The van der Waals surface area contributed by atoms with E-state index < -0.39 is 0 Å². The molecule has 0 heterocycles. The van der Waals surface area contributed by atoms with E-state index >= 15 is 0 Å². The van der Waals surface area contributed by atoms with Crippen LogP contribution in [-0.2, 0) is 0 Å². The van der Waals surface area contributed by atoms with E-state index in [1.807, 2.05) is 0 Å². The quantitative estimate of drug-likeness (QED) is 0.525. The highest BCUT2D eigenvalue weighted by Gasteiger charge is 2.31. The van der Waals surface area contributed by atoms with Gasteiger partial charge in [-0.25, -0.2) is 0 Å². The van der Waals surface area contributed by atoms with Crippen LogP contribution in [0.2, 0.25) is 0 Å². The third-order valence-corrected chi connectivity index (χ3v) is 2.45. The lowest BCUT2D eigenvalue weighted by Gasteiger charge is -2.15. The third kappa shape index (κ3) is 0.271. The van der Waals surface area contributed by atoms with Gasteiger partial charge in [0.05, 0.1) is 0 Å². The van der Waals surface area contributed by atoms with Gasteiger partial charge in [-0.05, 0) is 23.1 Å². The maximum Gasteiger partial charge on any atom is 0.0467 e. The molecule has 0 saturated heterocycles. The third-order valence-electron chi connectivity index (χ3n) is 2.45. The Kier molecular flexibility index (Phi) is 0.512. The van der Waals surface area contributed by atoms with Crippen LogP contribution in [0.5, 0.6) is 0 Å². The Morgan fingerprint density at radius 1 is 1.20 bits per heavy atom. The van der Waals surface area contributed by atoms with Crippen LogP contribution in [0.1, 0.15) is 6.42 Å². The lowest BCUT2D eigenvalue weighted by atomic mass is 9.89. The summed E-state index contributed by atoms with van der Waals surface area (Å²) in [7, 11) is 0. The van der Waals surface area contributed by atoms with Crippen molar-refractivity contribution in [2.24, 2.45) is 5.73 Å². The van der Waals surface area contributed by atoms with Crippen molar-refractivity contribution in [3.63, 3.8) is 0 Å². The van der Waals surface area contributed by atoms with Crippen LogP contribution in [-0.4, -0.2) is 0 Å². The van der Waals surface area contributed by atoms with Crippen LogP contribution in [0.15, 0.2) is 46.2 Å². The average molecular weight is 129 g/mol. The van der Waals surface area contributed by atoms with Crippen molar-refractivity contribution in [1.82, 2.24) is 0 Å². The smallest absolute Gasteiger partial charge is 0.0467 e. The van der Waals surface area contributed by atoms with E-state index in [9.17, 15) is 0 Å². The van der Waals surface area contributed by atoms with Crippen molar-refractivity contribution in [1.29, 1.82) is 0 Å². The molecule has 0 aromatic rings. The Balaban J connectivity index is 2.40.